The molecule has 0 aromatic heterocycles. The van der Waals surface area contributed by atoms with Gasteiger partial charge in [0.25, 0.3) is 21.9 Å². The monoisotopic (exact) mass is 1020 g/mol. The lowest BCUT2D eigenvalue weighted by Crippen LogP contribution is -2.43. The Balaban J connectivity index is 1.00. The summed E-state index contributed by atoms with van der Waals surface area (Å²) in [5.74, 6) is 0.113. The van der Waals surface area contributed by atoms with Crippen LogP contribution in [0, 0.1) is 12.8 Å². The molecule has 4 heterocycles. The fraction of sp³-hybridized carbons (Fsp3) is 0.429. The Hall–Kier alpha value is -5.62. The van der Waals surface area contributed by atoms with Crippen LogP contribution in [0.25, 0.3) is 0 Å². The van der Waals surface area contributed by atoms with Crippen LogP contribution in [-0.4, -0.2) is 108 Å². The van der Waals surface area contributed by atoms with E-state index in [9.17, 15) is 22.6 Å². The number of aryl methyl sites for hydroxylation is 2. The smallest absolute Gasteiger partial charge is 0.265 e. The Labute approximate surface area is 428 Å². The van der Waals surface area contributed by atoms with Gasteiger partial charge >= 0.3 is 0 Å². The van der Waals surface area contributed by atoms with Crippen molar-refractivity contribution in [2.45, 2.75) is 82.9 Å². The molecule has 5 aromatic carbocycles. The maximum absolute atomic E-state index is 14.5. The van der Waals surface area contributed by atoms with Gasteiger partial charge in [0.05, 0.1) is 45.9 Å². The third kappa shape index (κ3) is 11.6. The van der Waals surface area contributed by atoms with E-state index in [-0.39, 0.29) is 42.2 Å². The topological polar surface area (TPSA) is 154 Å². The molecule has 0 spiro atoms. The number of hydrogen-bond acceptors (Lipinski definition) is 12. The molecule has 9 rings (SSSR count). The molecule has 1 N–H and O–H groups in total. The highest BCUT2D eigenvalue weighted by molar-refractivity contribution is 7.85. The van der Waals surface area contributed by atoms with Crippen LogP contribution in [-0.2, 0) is 63.2 Å². The van der Waals surface area contributed by atoms with Crippen LogP contribution in [0.3, 0.4) is 0 Å². The molecule has 0 saturated carbocycles. The lowest BCUT2D eigenvalue weighted by Gasteiger charge is -2.32. The quantitative estimate of drug-likeness (QED) is 0.0412. The summed E-state index contributed by atoms with van der Waals surface area (Å²) in [5.41, 5.74) is 10.1. The minimum atomic E-state index is -4.39. The standard InChI is InChI=1S/C56H65N3O11S2/c1-36-22-46-39(14-15-44-27-40-10-6-8-12-48(40)58(44)54(46)60)29-51(36)69-32-37-23-38(25-45(24-37)57(35-56(2,3)71)16-17-67-20-21-68-19-18-65-4)33-70-53-30-42-26-43(34-72(62,63)64)50-28-41-11-7-9-13-49(41)59(50)55(61)47(42)31-52(53)66-5/h6-13,22-25,29-31,43-44,50,71H,14-21,26-28,32-35H2,1-5H3,(H,62,63,64)/t43?,44-,50+/m1/s1. The molecule has 14 nitrogen and oxygen atoms in total. The molecule has 72 heavy (non-hydrogen) atoms. The minimum absolute atomic E-state index is 0.0287. The third-order valence-corrected chi connectivity index (χ3v) is 15.0. The van der Waals surface area contributed by atoms with Gasteiger partial charge in [-0.25, -0.2) is 0 Å². The highest BCUT2D eigenvalue weighted by Gasteiger charge is 2.44. The first-order valence-electron chi connectivity index (χ1n) is 24.7. The van der Waals surface area contributed by atoms with Gasteiger partial charge in [0.15, 0.2) is 11.5 Å². The van der Waals surface area contributed by atoms with Crippen molar-refractivity contribution in [3.05, 3.63) is 141 Å². The number of thiol groups is 1. The Morgan fingerprint density at radius 3 is 2.00 bits per heavy atom. The molecule has 0 aliphatic carbocycles. The first-order chi connectivity index (χ1) is 34.6. The number of fused-ring (bicyclic) bond motifs is 8. The van der Waals surface area contributed by atoms with Crippen molar-refractivity contribution < 1.29 is 51.0 Å². The van der Waals surface area contributed by atoms with E-state index in [0.717, 1.165) is 64.1 Å². The van der Waals surface area contributed by atoms with Crippen LogP contribution in [0.1, 0.15) is 79.9 Å². The number of nitrogens with zero attached hydrogens (tertiary/aromatic N) is 3. The second-order valence-corrected chi connectivity index (χ2v) is 22.7. The van der Waals surface area contributed by atoms with E-state index in [1.165, 1.54) is 12.7 Å². The number of rotatable bonds is 21. The zero-order valence-electron chi connectivity index (χ0n) is 41.7. The van der Waals surface area contributed by atoms with Gasteiger partial charge in [0, 0.05) is 71.1 Å². The van der Waals surface area contributed by atoms with Crippen LogP contribution in [0.4, 0.5) is 17.1 Å². The molecule has 3 atom stereocenters. The summed E-state index contributed by atoms with van der Waals surface area (Å²) in [7, 11) is -1.22. The molecule has 0 radical (unpaired) electrons. The lowest BCUT2D eigenvalue weighted by molar-refractivity contribution is 0.0264. The zero-order chi connectivity index (χ0) is 50.7. The molecule has 4 aliphatic heterocycles. The van der Waals surface area contributed by atoms with Crippen LogP contribution >= 0.6 is 12.6 Å². The summed E-state index contributed by atoms with van der Waals surface area (Å²) in [6, 6.07) is 29.1. The fourth-order valence-electron chi connectivity index (χ4n) is 10.8. The molecular formula is C56H65N3O11S2. The van der Waals surface area contributed by atoms with Crippen molar-refractivity contribution >= 4 is 51.6 Å². The first kappa shape index (κ1) is 51.3. The number of benzene rings is 5. The van der Waals surface area contributed by atoms with Crippen molar-refractivity contribution in [3.63, 3.8) is 0 Å². The van der Waals surface area contributed by atoms with E-state index >= 15 is 0 Å². The number of para-hydroxylation sites is 2. The zero-order valence-corrected chi connectivity index (χ0v) is 43.4. The molecule has 1 unspecified atom stereocenters. The van der Waals surface area contributed by atoms with Crippen molar-refractivity contribution in [2.75, 3.05) is 80.8 Å². The van der Waals surface area contributed by atoms with Gasteiger partial charge < -0.3 is 43.1 Å². The molecule has 0 bridgehead atoms. The molecule has 382 valence electrons. The molecule has 0 saturated heterocycles. The predicted molar refractivity (Wildman–Crippen MR) is 281 cm³/mol. The summed E-state index contributed by atoms with van der Waals surface area (Å²) in [6.45, 7) is 9.94. The summed E-state index contributed by atoms with van der Waals surface area (Å²) in [5, 5.41) is 0. The maximum Gasteiger partial charge on any atom is 0.265 e. The average molecular weight is 1020 g/mol. The van der Waals surface area contributed by atoms with Gasteiger partial charge in [-0.1, -0.05) is 36.4 Å². The first-order valence-corrected chi connectivity index (χ1v) is 26.8. The number of hydrogen-bond donors (Lipinski definition) is 2. The van der Waals surface area contributed by atoms with Crippen molar-refractivity contribution in [1.29, 1.82) is 0 Å². The Morgan fingerprint density at radius 2 is 1.32 bits per heavy atom. The Bertz CT molecular complexity index is 2920. The van der Waals surface area contributed by atoms with Crippen molar-refractivity contribution in [3.8, 4) is 17.2 Å². The van der Waals surface area contributed by atoms with Crippen molar-refractivity contribution in [1.82, 2.24) is 0 Å². The molecule has 5 aromatic rings. The summed E-state index contributed by atoms with van der Waals surface area (Å²) in [6.07, 6.45) is 3.14. The Morgan fingerprint density at radius 1 is 0.708 bits per heavy atom. The highest BCUT2D eigenvalue weighted by Crippen LogP contribution is 2.44. The highest BCUT2D eigenvalue weighted by atomic mass is 32.2. The van der Waals surface area contributed by atoms with Crippen LogP contribution in [0.2, 0.25) is 0 Å². The van der Waals surface area contributed by atoms with Crippen LogP contribution < -0.4 is 28.9 Å². The number of carbonyl (C=O) groups is 2. The van der Waals surface area contributed by atoms with Crippen LogP contribution in [0.5, 0.6) is 17.2 Å². The van der Waals surface area contributed by atoms with Crippen LogP contribution in [0.15, 0.2) is 91.0 Å². The van der Waals surface area contributed by atoms with Gasteiger partial charge in [-0.15, -0.1) is 0 Å². The number of anilines is 3. The van der Waals surface area contributed by atoms with E-state index in [4.69, 9.17) is 41.0 Å². The number of methoxy groups -OCH3 is 2. The third-order valence-electron chi connectivity index (χ3n) is 14.0. The van der Waals surface area contributed by atoms with E-state index in [1.807, 2.05) is 72.5 Å². The van der Waals surface area contributed by atoms with Gasteiger partial charge in [0.2, 0.25) is 0 Å². The number of amides is 2. The fourth-order valence-corrected chi connectivity index (χ4v) is 11.9. The SMILES string of the molecule is COCCOCCOCCN(CC(C)(C)S)c1cc(COc2cc3c(cc2C)C(=O)N2c4ccccc4C[C@H]2CC3)cc(COc2cc3c(cc2OC)C(=O)N2c4ccccc4C[C@H]2C(CS(=O)(=O)O)C3)c1. The second-order valence-electron chi connectivity index (χ2n) is 20.0. The average Bonchev–Trinajstić information content (AvgIpc) is 3.86. The van der Waals surface area contributed by atoms with E-state index in [0.29, 0.717) is 86.5 Å². The largest absolute Gasteiger partial charge is 0.493 e. The second kappa shape index (κ2) is 21.8. The van der Waals surface area contributed by atoms with E-state index < -0.39 is 27.8 Å². The summed E-state index contributed by atoms with van der Waals surface area (Å²) in [4.78, 5) is 34.6. The number of ether oxygens (including phenoxy) is 6. The lowest BCUT2D eigenvalue weighted by atomic mass is 9.91. The summed E-state index contributed by atoms with van der Waals surface area (Å²) >= 11 is 4.95. The Kier molecular flexibility index (Phi) is 15.6. The van der Waals surface area contributed by atoms with Gasteiger partial charge in [0.1, 0.15) is 19.0 Å². The molecule has 0 fully saturated rings. The van der Waals surface area contributed by atoms with Gasteiger partial charge in [-0.05, 0) is 146 Å². The van der Waals surface area contributed by atoms with E-state index in [2.05, 4.69) is 36.9 Å². The summed E-state index contributed by atoms with van der Waals surface area (Å²) < 4.78 is 70.6. The molecular weight excluding hydrogens is 955 g/mol. The van der Waals surface area contributed by atoms with Crippen molar-refractivity contribution in [2.24, 2.45) is 5.92 Å². The van der Waals surface area contributed by atoms with E-state index in [1.54, 1.807) is 24.1 Å². The minimum Gasteiger partial charge on any atom is -0.493 e. The predicted octanol–water partition coefficient (Wildman–Crippen LogP) is 8.51. The van der Waals surface area contributed by atoms with Gasteiger partial charge in [-0.3, -0.25) is 14.1 Å². The van der Waals surface area contributed by atoms with Gasteiger partial charge in [-0.2, -0.15) is 21.0 Å². The molecule has 2 amide bonds. The molecule has 4 aliphatic rings. The maximum atomic E-state index is 14.5. The number of carbonyl (C=O) groups excluding carboxylic acids is 2. The molecule has 16 heteroatoms. The normalized spacial score (nSPS) is 18.1.